The van der Waals surface area contributed by atoms with Crippen molar-refractivity contribution in [3.63, 3.8) is 0 Å². The van der Waals surface area contributed by atoms with Crippen LogP contribution in [0.15, 0.2) is 0 Å². The fourth-order valence-corrected chi connectivity index (χ4v) is 1.54. The molecule has 0 saturated carbocycles. The molecule has 2 N–H and O–H groups in total. The summed E-state index contributed by atoms with van der Waals surface area (Å²) in [6.45, 7) is 2.27. The van der Waals surface area contributed by atoms with E-state index in [4.69, 9.17) is 5.11 Å². The Morgan fingerprint density at radius 2 is 1.85 bits per heavy atom. The third kappa shape index (κ3) is 1.39. The molecule has 0 aromatic carbocycles. The van der Waals surface area contributed by atoms with Crippen LogP contribution < -0.4 is 5.32 Å². The second-order valence-electron chi connectivity index (χ2n) is 3.63. The highest BCUT2D eigenvalue weighted by atomic mass is 16.4. The van der Waals surface area contributed by atoms with E-state index in [-0.39, 0.29) is 17.7 Å². The molecule has 2 saturated heterocycles. The van der Waals surface area contributed by atoms with Crippen molar-refractivity contribution in [2.45, 2.75) is 0 Å². The van der Waals surface area contributed by atoms with E-state index in [9.17, 15) is 9.59 Å². The van der Waals surface area contributed by atoms with Crippen molar-refractivity contribution in [3.05, 3.63) is 0 Å². The molecule has 2 rings (SSSR count). The second-order valence-corrected chi connectivity index (χ2v) is 3.63. The van der Waals surface area contributed by atoms with Gasteiger partial charge in [0.05, 0.1) is 11.8 Å². The number of amides is 1. The number of carbonyl (C=O) groups excluding carboxylic acids is 1. The molecule has 5 nitrogen and oxygen atoms in total. The summed E-state index contributed by atoms with van der Waals surface area (Å²) in [4.78, 5) is 23.6. The van der Waals surface area contributed by atoms with Crippen LogP contribution in [-0.4, -0.2) is 48.1 Å². The van der Waals surface area contributed by atoms with E-state index in [1.807, 2.05) is 0 Å². The van der Waals surface area contributed by atoms with E-state index >= 15 is 0 Å². The molecule has 1 amide bonds. The lowest BCUT2D eigenvalue weighted by molar-refractivity contribution is -0.155. The van der Waals surface area contributed by atoms with Crippen LogP contribution in [0, 0.1) is 11.8 Å². The summed E-state index contributed by atoms with van der Waals surface area (Å²) in [6, 6.07) is 0. The predicted molar refractivity (Wildman–Crippen MR) is 44.1 cm³/mol. The predicted octanol–water partition coefficient (Wildman–Crippen LogP) is -1.25. The summed E-state index contributed by atoms with van der Waals surface area (Å²) in [5.41, 5.74) is 0. The normalized spacial score (nSPS) is 23.5. The molecule has 5 heteroatoms. The first-order chi connectivity index (χ1) is 6.18. The summed E-state index contributed by atoms with van der Waals surface area (Å²) in [7, 11) is 0. The lowest BCUT2D eigenvalue weighted by Crippen LogP contribution is -2.59. The van der Waals surface area contributed by atoms with E-state index < -0.39 is 5.97 Å². The summed E-state index contributed by atoms with van der Waals surface area (Å²) < 4.78 is 0. The third-order valence-corrected chi connectivity index (χ3v) is 2.67. The Labute approximate surface area is 75.7 Å². The standard InChI is InChI=1S/C8H12N2O3/c11-7(5-1-9-2-5)10-3-6(4-10)8(12)13/h5-6,9H,1-4H2,(H,12,13). The molecule has 13 heavy (non-hydrogen) atoms. The molecular weight excluding hydrogens is 172 g/mol. The number of carboxylic acids is 1. The van der Waals surface area contributed by atoms with Crippen molar-refractivity contribution >= 4 is 11.9 Å². The van der Waals surface area contributed by atoms with E-state index in [1.165, 1.54) is 0 Å². The van der Waals surface area contributed by atoms with Crippen molar-refractivity contribution in [1.82, 2.24) is 10.2 Å². The Kier molecular flexibility index (Phi) is 1.95. The number of likely N-dealkylation sites (tertiary alicyclic amines) is 1. The Hall–Kier alpha value is -1.10. The quantitative estimate of drug-likeness (QED) is 0.562. The van der Waals surface area contributed by atoms with E-state index in [1.54, 1.807) is 4.90 Å². The topological polar surface area (TPSA) is 69.6 Å². The summed E-state index contributed by atoms with van der Waals surface area (Å²) in [5.74, 6) is -0.932. The van der Waals surface area contributed by atoms with Crippen LogP contribution in [0.25, 0.3) is 0 Å². The Balaban J connectivity index is 1.79. The van der Waals surface area contributed by atoms with Crippen LogP contribution in [0.4, 0.5) is 0 Å². The zero-order chi connectivity index (χ0) is 9.42. The lowest BCUT2D eigenvalue weighted by atomic mass is 9.95. The number of hydrogen-bond donors (Lipinski definition) is 2. The minimum atomic E-state index is -0.796. The first-order valence-electron chi connectivity index (χ1n) is 4.41. The van der Waals surface area contributed by atoms with Crippen LogP contribution in [-0.2, 0) is 9.59 Å². The van der Waals surface area contributed by atoms with Gasteiger partial charge in [0, 0.05) is 26.2 Å². The van der Waals surface area contributed by atoms with Gasteiger partial charge in [0.1, 0.15) is 0 Å². The summed E-state index contributed by atoms with van der Waals surface area (Å²) in [5, 5.41) is 11.6. The summed E-state index contributed by atoms with van der Waals surface area (Å²) in [6.07, 6.45) is 0. The van der Waals surface area contributed by atoms with Crippen LogP contribution in [0.5, 0.6) is 0 Å². The van der Waals surface area contributed by atoms with Gasteiger partial charge in [-0.05, 0) is 0 Å². The molecule has 2 heterocycles. The van der Waals surface area contributed by atoms with Crippen molar-refractivity contribution in [2.75, 3.05) is 26.2 Å². The number of aliphatic carboxylic acids is 1. The average Bonchev–Trinajstić information content (AvgIpc) is 1.76. The van der Waals surface area contributed by atoms with Crippen molar-refractivity contribution in [3.8, 4) is 0 Å². The number of nitrogens with zero attached hydrogens (tertiary/aromatic N) is 1. The van der Waals surface area contributed by atoms with Gasteiger partial charge in [-0.15, -0.1) is 0 Å². The van der Waals surface area contributed by atoms with Gasteiger partial charge in [-0.25, -0.2) is 0 Å². The Morgan fingerprint density at radius 1 is 1.23 bits per heavy atom. The van der Waals surface area contributed by atoms with Gasteiger partial charge >= 0.3 is 5.97 Å². The highest BCUT2D eigenvalue weighted by Gasteiger charge is 2.39. The molecule has 2 aliphatic heterocycles. The first-order valence-corrected chi connectivity index (χ1v) is 4.41. The molecule has 0 bridgehead atoms. The fraction of sp³-hybridized carbons (Fsp3) is 0.750. The largest absolute Gasteiger partial charge is 0.481 e. The molecule has 0 spiro atoms. The SMILES string of the molecule is O=C(O)C1CN(C(=O)C2CNC2)C1. The molecule has 0 aromatic heterocycles. The highest BCUT2D eigenvalue weighted by molar-refractivity contribution is 5.83. The van der Waals surface area contributed by atoms with Gasteiger partial charge in [-0.2, -0.15) is 0 Å². The van der Waals surface area contributed by atoms with Crippen LogP contribution in [0.3, 0.4) is 0 Å². The fourth-order valence-electron chi connectivity index (χ4n) is 1.54. The van der Waals surface area contributed by atoms with Gasteiger partial charge in [-0.3, -0.25) is 9.59 Å². The van der Waals surface area contributed by atoms with Gasteiger partial charge in [0.15, 0.2) is 0 Å². The van der Waals surface area contributed by atoms with Crippen molar-refractivity contribution in [2.24, 2.45) is 11.8 Å². The molecule has 2 aliphatic rings. The van der Waals surface area contributed by atoms with Gasteiger partial charge < -0.3 is 15.3 Å². The third-order valence-electron chi connectivity index (χ3n) is 2.67. The maximum absolute atomic E-state index is 11.5. The van der Waals surface area contributed by atoms with E-state index in [0.29, 0.717) is 13.1 Å². The van der Waals surface area contributed by atoms with Gasteiger partial charge in [0.2, 0.25) is 5.91 Å². The molecular formula is C8H12N2O3. The number of rotatable bonds is 2. The Morgan fingerprint density at radius 3 is 2.23 bits per heavy atom. The molecule has 0 unspecified atom stereocenters. The number of nitrogens with one attached hydrogen (secondary N) is 1. The van der Waals surface area contributed by atoms with Crippen LogP contribution in [0.1, 0.15) is 0 Å². The number of carbonyl (C=O) groups is 2. The van der Waals surface area contributed by atoms with Gasteiger partial charge in [0.25, 0.3) is 0 Å². The first kappa shape index (κ1) is 8.50. The molecule has 0 radical (unpaired) electrons. The maximum atomic E-state index is 11.5. The second kappa shape index (κ2) is 2.99. The zero-order valence-electron chi connectivity index (χ0n) is 7.19. The molecule has 72 valence electrons. The highest BCUT2D eigenvalue weighted by Crippen LogP contribution is 2.19. The van der Waals surface area contributed by atoms with Crippen molar-refractivity contribution in [1.29, 1.82) is 0 Å². The number of carboxylic acid groups (broad SMARTS) is 1. The molecule has 0 atom stereocenters. The van der Waals surface area contributed by atoms with Gasteiger partial charge in [-0.1, -0.05) is 0 Å². The summed E-state index contributed by atoms with van der Waals surface area (Å²) >= 11 is 0. The monoisotopic (exact) mass is 184 g/mol. The molecule has 0 aromatic rings. The minimum Gasteiger partial charge on any atom is -0.481 e. The van der Waals surface area contributed by atoms with E-state index in [0.717, 1.165) is 13.1 Å². The molecule has 2 fully saturated rings. The van der Waals surface area contributed by atoms with Crippen LogP contribution >= 0.6 is 0 Å². The van der Waals surface area contributed by atoms with E-state index in [2.05, 4.69) is 5.32 Å². The smallest absolute Gasteiger partial charge is 0.310 e. The Bertz CT molecular complexity index is 244. The average molecular weight is 184 g/mol. The van der Waals surface area contributed by atoms with Crippen LogP contribution in [0.2, 0.25) is 0 Å². The number of hydrogen-bond acceptors (Lipinski definition) is 3. The maximum Gasteiger partial charge on any atom is 0.310 e. The lowest BCUT2D eigenvalue weighted by Gasteiger charge is -2.40. The minimum absolute atomic E-state index is 0.0924. The zero-order valence-corrected chi connectivity index (χ0v) is 7.19. The van der Waals surface area contributed by atoms with Crippen molar-refractivity contribution < 1.29 is 14.7 Å². The molecule has 0 aliphatic carbocycles.